The molecule has 10 heteroatoms. The Balaban J connectivity index is 1.41. The van der Waals surface area contributed by atoms with Gasteiger partial charge in [-0.2, -0.15) is 0 Å². The first-order chi connectivity index (χ1) is 14.6. The zero-order valence-corrected chi connectivity index (χ0v) is 16.2. The number of hydrogen-bond acceptors (Lipinski definition) is 7. The maximum atomic E-state index is 12.1. The predicted molar refractivity (Wildman–Crippen MR) is 107 cm³/mol. The smallest absolute Gasteiger partial charge is 0.279 e. The van der Waals surface area contributed by atoms with E-state index in [4.69, 9.17) is 14.3 Å². The number of amides is 3. The summed E-state index contributed by atoms with van der Waals surface area (Å²) in [5, 5.41) is 3.69. The lowest BCUT2D eigenvalue weighted by Gasteiger charge is -2.28. The van der Waals surface area contributed by atoms with Crippen molar-refractivity contribution < 1.29 is 28.7 Å². The molecule has 0 aliphatic carbocycles. The molecule has 0 radical (unpaired) electrons. The number of para-hydroxylation sites is 2. The highest BCUT2D eigenvalue weighted by Gasteiger charge is 2.26. The molecule has 3 rings (SSSR count). The quantitative estimate of drug-likeness (QED) is 0.508. The van der Waals surface area contributed by atoms with Gasteiger partial charge in [-0.3, -0.25) is 30.1 Å². The van der Waals surface area contributed by atoms with E-state index in [9.17, 15) is 14.4 Å². The second-order valence-electron chi connectivity index (χ2n) is 6.11. The largest absolute Gasteiger partial charge is 0.497 e. The maximum absolute atomic E-state index is 12.1. The Hall–Kier alpha value is -4.08. The van der Waals surface area contributed by atoms with Gasteiger partial charge in [0, 0.05) is 0 Å². The van der Waals surface area contributed by atoms with E-state index in [0.29, 0.717) is 17.2 Å². The van der Waals surface area contributed by atoms with E-state index in [1.165, 1.54) is 11.1 Å². The third kappa shape index (κ3) is 5.47. The summed E-state index contributed by atoms with van der Waals surface area (Å²) in [4.78, 5) is 42.1. The van der Waals surface area contributed by atoms with Crippen molar-refractivity contribution in [1.29, 1.82) is 0 Å². The monoisotopic (exact) mass is 412 g/mol. The molecule has 0 spiro atoms. The number of rotatable bonds is 7. The van der Waals surface area contributed by atoms with Crippen LogP contribution in [0, 0.1) is 0 Å². The fourth-order valence-electron chi connectivity index (χ4n) is 2.57. The van der Waals surface area contributed by atoms with Crippen molar-refractivity contribution in [3.05, 3.63) is 54.1 Å². The van der Waals surface area contributed by atoms with Crippen LogP contribution < -0.4 is 25.2 Å². The van der Waals surface area contributed by atoms with Gasteiger partial charge in [-0.05, 0) is 42.0 Å². The van der Waals surface area contributed by atoms with Crippen LogP contribution in [-0.2, 0) is 19.2 Å². The van der Waals surface area contributed by atoms with Gasteiger partial charge in [-0.1, -0.05) is 17.3 Å². The minimum absolute atomic E-state index is 0.156. The molecule has 0 atom stereocenters. The lowest BCUT2D eigenvalue weighted by atomic mass is 10.2. The highest BCUT2D eigenvalue weighted by atomic mass is 16.6. The Morgan fingerprint density at radius 1 is 1.13 bits per heavy atom. The molecule has 0 fully saturated rings. The number of carbonyl (C=O) groups is 3. The number of hydrazine groups is 1. The molecule has 3 amide bonds. The van der Waals surface area contributed by atoms with Gasteiger partial charge in [0.05, 0.1) is 19.0 Å². The van der Waals surface area contributed by atoms with Crippen LogP contribution in [0.15, 0.2) is 53.7 Å². The molecule has 0 aromatic heterocycles. The van der Waals surface area contributed by atoms with Gasteiger partial charge < -0.3 is 14.3 Å². The molecule has 1 aliphatic heterocycles. The van der Waals surface area contributed by atoms with Crippen LogP contribution in [0.25, 0.3) is 0 Å². The average Bonchev–Trinajstić information content (AvgIpc) is 2.77. The fraction of sp³-hybridized carbons (Fsp3) is 0.200. The first-order valence-electron chi connectivity index (χ1n) is 8.96. The standard InChI is InChI=1S/C20H20N4O6/c1-28-15-8-6-14(7-9-15)10-21-30-12-19(26)23-22-18(25)11-24-16-4-2-3-5-17(16)29-13-20(24)27/h2-10H,11-13H2,1H3,(H,22,25)(H,23,26)/b21-10-. The number of nitrogens with zero attached hydrogens (tertiary/aromatic N) is 2. The molecule has 1 aliphatic rings. The lowest BCUT2D eigenvalue weighted by molar-refractivity contribution is -0.131. The van der Waals surface area contributed by atoms with Crippen LogP contribution in [0.3, 0.4) is 0 Å². The number of nitrogens with one attached hydrogen (secondary N) is 2. The highest BCUT2D eigenvalue weighted by molar-refractivity contribution is 6.02. The highest BCUT2D eigenvalue weighted by Crippen LogP contribution is 2.31. The maximum Gasteiger partial charge on any atom is 0.279 e. The number of ether oxygens (including phenoxy) is 2. The number of benzene rings is 2. The average molecular weight is 412 g/mol. The zero-order valence-electron chi connectivity index (χ0n) is 16.2. The molecule has 0 saturated carbocycles. The first kappa shape index (κ1) is 20.6. The van der Waals surface area contributed by atoms with E-state index in [0.717, 1.165) is 5.56 Å². The third-order valence-electron chi connectivity index (χ3n) is 4.04. The zero-order chi connectivity index (χ0) is 21.3. The Labute approximate surface area is 172 Å². The summed E-state index contributed by atoms with van der Waals surface area (Å²) in [6, 6.07) is 14.0. The van der Waals surface area contributed by atoms with Gasteiger partial charge in [0.15, 0.2) is 13.2 Å². The molecule has 1 heterocycles. The molecule has 2 N–H and O–H groups in total. The minimum Gasteiger partial charge on any atom is -0.497 e. The van der Waals surface area contributed by atoms with Crippen LogP contribution in [-0.4, -0.2) is 50.8 Å². The summed E-state index contributed by atoms with van der Waals surface area (Å²) in [5.41, 5.74) is 5.69. The van der Waals surface area contributed by atoms with E-state index in [1.54, 1.807) is 55.6 Å². The number of hydrogen-bond donors (Lipinski definition) is 2. The van der Waals surface area contributed by atoms with Gasteiger partial charge in [-0.15, -0.1) is 0 Å². The molecule has 30 heavy (non-hydrogen) atoms. The molecular formula is C20H20N4O6. The van der Waals surface area contributed by atoms with E-state index >= 15 is 0 Å². The van der Waals surface area contributed by atoms with E-state index in [2.05, 4.69) is 16.0 Å². The van der Waals surface area contributed by atoms with Crippen molar-refractivity contribution in [1.82, 2.24) is 10.9 Å². The predicted octanol–water partition coefficient (Wildman–Crippen LogP) is 0.619. The van der Waals surface area contributed by atoms with Crippen molar-refractivity contribution >= 4 is 29.6 Å². The van der Waals surface area contributed by atoms with Crippen molar-refractivity contribution in [3.63, 3.8) is 0 Å². The number of anilines is 1. The van der Waals surface area contributed by atoms with E-state index < -0.39 is 18.4 Å². The molecule has 10 nitrogen and oxygen atoms in total. The second kappa shape index (κ2) is 9.92. The molecular weight excluding hydrogens is 392 g/mol. The van der Waals surface area contributed by atoms with Gasteiger partial charge in [-0.25, -0.2) is 0 Å². The third-order valence-corrected chi connectivity index (χ3v) is 4.04. The van der Waals surface area contributed by atoms with E-state index in [1.807, 2.05) is 0 Å². The van der Waals surface area contributed by atoms with Crippen LogP contribution in [0.2, 0.25) is 0 Å². The normalized spacial score (nSPS) is 12.7. The second-order valence-corrected chi connectivity index (χ2v) is 6.11. The number of methoxy groups -OCH3 is 1. The summed E-state index contributed by atoms with van der Waals surface area (Å²) in [6.45, 7) is -0.821. The first-order valence-corrected chi connectivity index (χ1v) is 8.96. The summed E-state index contributed by atoms with van der Waals surface area (Å²) >= 11 is 0. The number of fused-ring (bicyclic) bond motifs is 1. The van der Waals surface area contributed by atoms with Crippen molar-refractivity contribution in [2.75, 3.05) is 31.8 Å². The van der Waals surface area contributed by atoms with Crippen LogP contribution in [0.5, 0.6) is 11.5 Å². The Morgan fingerprint density at radius 2 is 1.87 bits per heavy atom. The van der Waals surface area contributed by atoms with Gasteiger partial charge in [0.1, 0.15) is 18.0 Å². The SMILES string of the molecule is COc1ccc(/C=N\OCC(=O)NNC(=O)CN2C(=O)COc3ccccc32)cc1. The summed E-state index contributed by atoms with van der Waals surface area (Å²) in [5.74, 6) is -0.312. The Bertz CT molecular complexity index is 945. The van der Waals surface area contributed by atoms with Crippen molar-refractivity contribution in [2.24, 2.45) is 5.16 Å². The Morgan fingerprint density at radius 3 is 2.63 bits per heavy atom. The van der Waals surface area contributed by atoms with Crippen molar-refractivity contribution in [3.8, 4) is 11.5 Å². The summed E-state index contributed by atoms with van der Waals surface area (Å²) in [6.07, 6.45) is 1.44. The molecule has 0 unspecified atom stereocenters. The van der Waals surface area contributed by atoms with Gasteiger partial charge in [0.25, 0.3) is 17.7 Å². The molecule has 0 bridgehead atoms. The molecule has 156 valence electrons. The van der Waals surface area contributed by atoms with Crippen LogP contribution >= 0.6 is 0 Å². The lowest BCUT2D eigenvalue weighted by Crippen LogP contribution is -2.50. The van der Waals surface area contributed by atoms with Crippen LogP contribution in [0.4, 0.5) is 5.69 Å². The van der Waals surface area contributed by atoms with Crippen molar-refractivity contribution in [2.45, 2.75) is 0 Å². The molecule has 0 saturated heterocycles. The van der Waals surface area contributed by atoms with Gasteiger partial charge >= 0.3 is 0 Å². The topological polar surface area (TPSA) is 119 Å². The summed E-state index contributed by atoms with van der Waals surface area (Å²) in [7, 11) is 1.57. The number of oxime groups is 1. The summed E-state index contributed by atoms with van der Waals surface area (Å²) < 4.78 is 10.4. The van der Waals surface area contributed by atoms with Crippen LogP contribution in [0.1, 0.15) is 5.56 Å². The van der Waals surface area contributed by atoms with Gasteiger partial charge in [0.2, 0.25) is 0 Å². The van der Waals surface area contributed by atoms with E-state index in [-0.39, 0.29) is 19.1 Å². The minimum atomic E-state index is -0.607. The number of carbonyl (C=O) groups excluding carboxylic acids is 3. The molecule has 2 aromatic carbocycles. The fourth-order valence-corrected chi connectivity index (χ4v) is 2.57. The Kier molecular flexibility index (Phi) is 6.83. The molecule has 2 aromatic rings.